The number of nitrogens with zero attached hydrogens (tertiary/aromatic N) is 1. The van der Waals surface area contributed by atoms with E-state index in [2.05, 4.69) is 33.4 Å². The van der Waals surface area contributed by atoms with E-state index in [0.717, 1.165) is 65.4 Å². The number of hydrogen-bond acceptors (Lipinski definition) is 2. The summed E-state index contributed by atoms with van der Waals surface area (Å²) in [4.78, 5) is 4.82. The van der Waals surface area contributed by atoms with E-state index in [9.17, 15) is 0 Å². The van der Waals surface area contributed by atoms with Crippen LogP contribution in [0.2, 0.25) is 0 Å². The average Bonchev–Trinajstić information content (AvgIpc) is 2.93. The fourth-order valence-electron chi connectivity index (χ4n) is 3.89. The standard InChI is InChI=1S/C20H19BrCl2N2.C2H6/c21-15-9-14-2-1-12-3-4-16(22)10-17(23)18(12)19(20(14)25-11-15)13-5-7-24-8-6-13;1-2/h4,9-11,24H,1-3,5-8H2;1-2H3. The lowest BCUT2D eigenvalue weighted by atomic mass is 9.88. The quantitative estimate of drug-likeness (QED) is 0.448. The topological polar surface area (TPSA) is 24.9 Å². The van der Waals surface area contributed by atoms with Gasteiger partial charge in [-0.2, -0.15) is 0 Å². The molecule has 0 unspecified atom stereocenters. The van der Waals surface area contributed by atoms with Crippen LogP contribution in [0.15, 0.2) is 55.7 Å². The predicted octanol–water partition coefficient (Wildman–Crippen LogP) is 6.90. The molecule has 0 radical (unpaired) electrons. The van der Waals surface area contributed by atoms with Crippen LogP contribution in [0.4, 0.5) is 0 Å². The molecule has 3 aliphatic rings. The molecule has 1 aromatic heterocycles. The largest absolute Gasteiger partial charge is 0.316 e. The van der Waals surface area contributed by atoms with E-state index < -0.39 is 0 Å². The summed E-state index contributed by atoms with van der Waals surface area (Å²) in [7, 11) is 0. The molecule has 1 fully saturated rings. The summed E-state index contributed by atoms with van der Waals surface area (Å²) >= 11 is 16.6. The van der Waals surface area contributed by atoms with Gasteiger partial charge in [0.2, 0.25) is 0 Å². The summed E-state index contributed by atoms with van der Waals surface area (Å²) in [5.41, 5.74) is 7.62. The van der Waals surface area contributed by atoms with Gasteiger partial charge in [0.25, 0.3) is 0 Å². The van der Waals surface area contributed by atoms with E-state index in [1.807, 2.05) is 26.1 Å². The van der Waals surface area contributed by atoms with E-state index >= 15 is 0 Å². The lowest BCUT2D eigenvalue weighted by Gasteiger charge is -2.23. The van der Waals surface area contributed by atoms with E-state index in [0.29, 0.717) is 0 Å². The summed E-state index contributed by atoms with van der Waals surface area (Å²) in [6.07, 6.45) is 10.7. The molecule has 0 spiro atoms. The smallest absolute Gasteiger partial charge is 0.0740 e. The van der Waals surface area contributed by atoms with Crippen LogP contribution < -0.4 is 5.32 Å². The molecule has 1 aromatic rings. The second-order valence-corrected chi connectivity index (χ2v) is 8.41. The van der Waals surface area contributed by atoms with E-state index in [4.69, 9.17) is 28.2 Å². The molecule has 2 nitrogen and oxygen atoms in total. The second kappa shape index (κ2) is 9.56. The fraction of sp³-hybridized carbons (Fsp3) is 0.409. The van der Waals surface area contributed by atoms with Crippen LogP contribution in [0.3, 0.4) is 0 Å². The van der Waals surface area contributed by atoms with Crippen molar-refractivity contribution in [3.05, 3.63) is 66.9 Å². The van der Waals surface area contributed by atoms with Crippen molar-refractivity contribution in [2.24, 2.45) is 0 Å². The van der Waals surface area contributed by atoms with Gasteiger partial charge in [0.15, 0.2) is 0 Å². The number of aromatic nitrogens is 1. The highest BCUT2D eigenvalue weighted by molar-refractivity contribution is 9.10. The minimum absolute atomic E-state index is 0.719. The lowest BCUT2D eigenvalue weighted by molar-refractivity contribution is 0.611. The Morgan fingerprint density at radius 1 is 1.00 bits per heavy atom. The van der Waals surface area contributed by atoms with Crippen molar-refractivity contribution >= 4 is 44.7 Å². The first-order chi connectivity index (χ1) is 13.1. The van der Waals surface area contributed by atoms with Gasteiger partial charge in [-0.15, -0.1) is 0 Å². The van der Waals surface area contributed by atoms with E-state index in [1.54, 1.807) is 0 Å². The van der Waals surface area contributed by atoms with Crippen molar-refractivity contribution in [2.45, 2.75) is 46.0 Å². The van der Waals surface area contributed by atoms with Gasteiger partial charge in [-0.05, 0) is 78.8 Å². The molecule has 144 valence electrons. The van der Waals surface area contributed by atoms with Gasteiger partial charge in [0.1, 0.15) is 0 Å². The molecular weight excluding hydrogens is 443 g/mol. The Labute approximate surface area is 180 Å². The molecule has 0 saturated carbocycles. The monoisotopic (exact) mass is 466 g/mol. The SMILES string of the molecule is CC.ClC1=CCC2=C(C(Cl)=C1)C(=C1CCNCC1)c1ncc(Br)cc1CC2. The molecule has 0 aromatic carbocycles. The normalized spacial score (nSPS) is 19.7. The first-order valence-corrected chi connectivity index (χ1v) is 11.2. The third-order valence-electron chi connectivity index (χ3n) is 5.08. The minimum atomic E-state index is 0.719. The van der Waals surface area contributed by atoms with Crippen LogP contribution in [0, 0.1) is 0 Å². The van der Waals surface area contributed by atoms with Crippen molar-refractivity contribution in [3.63, 3.8) is 0 Å². The Morgan fingerprint density at radius 2 is 1.74 bits per heavy atom. The summed E-state index contributed by atoms with van der Waals surface area (Å²) in [6.45, 7) is 6.02. The van der Waals surface area contributed by atoms with Crippen LogP contribution in [-0.2, 0) is 6.42 Å². The van der Waals surface area contributed by atoms with Gasteiger partial charge in [-0.3, -0.25) is 4.98 Å². The number of hydrogen-bond donors (Lipinski definition) is 1. The Morgan fingerprint density at radius 3 is 2.48 bits per heavy atom. The molecule has 1 saturated heterocycles. The number of halogens is 3. The molecule has 2 heterocycles. The fourth-order valence-corrected chi connectivity index (χ4v) is 4.86. The zero-order valence-electron chi connectivity index (χ0n) is 15.8. The number of aryl methyl sites for hydroxylation is 1. The lowest BCUT2D eigenvalue weighted by Crippen LogP contribution is -2.24. The number of fused-ring (bicyclic) bond motifs is 1. The van der Waals surface area contributed by atoms with E-state index in [1.165, 1.54) is 27.9 Å². The Hall–Kier alpha value is -0.870. The minimum Gasteiger partial charge on any atom is -0.316 e. The van der Waals surface area contributed by atoms with Crippen molar-refractivity contribution in [3.8, 4) is 0 Å². The Balaban J connectivity index is 0.00000102. The van der Waals surface area contributed by atoms with Crippen LogP contribution in [0.1, 0.15) is 50.8 Å². The first kappa shape index (κ1) is 20.9. The van der Waals surface area contributed by atoms with Crippen LogP contribution in [0.25, 0.3) is 5.57 Å². The number of allylic oxidation sites excluding steroid dienone is 7. The summed E-state index contributed by atoms with van der Waals surface area (Å²) in [5.74, 6) is 0. The number of rotatable bonds is 0. The zero-order valence-corrected chi connectivity index (χ0v) is 18.9. The van der Waals surface area contributed by atoms with Crippen molar-refractivity contribution in [1.29, 1.82) is 0 Å². The van der Waals surface area contributed by atoms with Gasteiger partial charge < -0.3 is 5.32 Å². The highest BCUT2D eigenvalue weighted by Gasteiger charge is 2.28. The van der Waals surface area contributed by atoms with Crippen molar-refractivity contribution in [2.75, 3.05) is 13.1 Å². The second-order valence-electron chi connectivity index (χ2n) is 6.65. The maximum Gasteiger partial charge on any atom is 0.0740 e. The zero-order chi connectivity index (χ0) is 19.4. The predicted molar refractivity (Wildman–Crippen MR) is 120 cm³/mol. The molecule has 5 heteroatoms. The van der Waals surface area contributed by atoms with Crippen LogP contribution in [0.5, 0.6) is 0 Å². The highest BCUT2D eigenvalue weighted by Crippen LogP contribution is 2.44. The molecule has 0 amide bonds. The molecule has 1 N–H and O–H groups in total. The first-order valence-electron chi connectivity index (χ1n) is 9.66. The van der Waals surface area contributed by atoms with E-state index in [-0.39, 0.29) is 0 Å². The van der Waals surface area contributed by atoms with Crippen LogP contribution in [-0.4, -0.2) is 18.1 Å². The van der Waals surface area contributed by atoms with Crippen molar-refractivity contribution in [1.82, 2.24) is 10.3 Å². The van der Waals surface area contributed by atoms with Gasteiger partial charge in [0.05, 0.1) is 5.69 Å². The molecular formula is C22H25BrCl2N2. The maximum atomic E-state index is 6.76. The molecule has 1 aliphatic heterocycles. The Kier molecular flexibility index (Phi) is 7.38. The molecule has 0 atom stereocenters. The number of piperidine rings is 1. The third-order valence-corrected chi connectivity index (χ3v) is 6.07. The van der Waals surface area contributed by atoms with Gasteiger partial charge in [0, 0.05) is 31.9 Å². The molecule has 0 bridgehead atoms. The maximum absolute atomic E-state index is 6.76. The van der Waals surface area contributed by atoms with Gasteiger partial charge in [-0.25, -0.2) is 0 Å². The average molecular weight is 468 g/mol. The van der Waals surface area contributed by atoms with Crippen molar-refractivity contribution < 1.29 is 0 Å². The molecule has 2 aliphatic carbocycles. The Bertz CT molecular complexity index is 842. The summed E-state index contributed by atoms with van der Waals surface area (Å²) < 4.78 is 1.03. The van der Waals surface area contributed by atoms with Gasteiger partial charge >= 0.3 is 0 Å². The van der Waals surface area contributed by atoms with Gasteiger partial charge in [-0.1, -0.05) is 54.3 Å². The number of pyridine rings is 1. The van der Waals surface area contributed by atoms with Crippen LogP contribution >= 0.6 is 39.1 Å². The number of nitrogens with one attached hydrogen (secondary N) is 1. The molecule has 27 heavy (non-hydrogen) atoms. The third kappa shape index (κ3) is 4.59. The molecule has 4 rings (SSSR count). The summed E-state index contributed by atoms with van der Waals surface area (Å²) in [5, 5.41) is 4.91. The summed E-state index contributed by atoms with van der Waals surface area (Å²) in [6, 6.07) is 2.21. The highest BCUT2D eigenvalue weighted by atomic mass is 79.9.